The summed E-state index contributed by atoms with van der Waals surface area (Å²) >= 11 is 1.65. The third kappa shape index (κ3) is 4.62. The van der Waals surface area contributed by atoms with Crippen LogP contribution in [-0.4, -0.2) is 49.6 Å². The van der Waals surface area contributed by atoms with Crippen molar-refractivity contribution >= 4 is 28.8 Å². The van der Waals surface area contributed by atoms with Crippen molar-refractivity contribution in [2.45, 2.75) is 31.9 Å². The lowest BCUT2D eigenvalue weighted by Gasteiger charge is -2.27. The van der Waals surface area contributed by atoms with Gasteiger partial charge in [0.1, 0.15) is 5.75 Å². The summed E-state index contributed by atoms with van der Waals surface area (Å²) in [5.74, 6) is 0.371. The number of anilines is 1. The zero-order valence-electron chi connectivity index (χ0n) is 16.6. The summed E-state index contributed by atoms with van der Waals surface area (Å²) < 4.78 is 11.0. The first-order valence-electron chi connectivity index (χ1n) is 10.0. The van der Waals surface area contributed by atoms with Crippen LogP contribution in [0.5, 0.6) is 5.75 Å². The first-order chi connectivity index (χ1) is 14.1. The van der Waals surface area contributed by atoms with Gasteiger partial charge in [-0.2, -0.15) is 0 Å². The maximum absolute atomic E-state index is 13.4. The molecule has 3 heterocycles. The number of methoxy groups -OCH3 is 1. The van der Waals surface area contributed by atoms with Crippen LogP contribution in [0, 0.1) is 5.92 Å². The molecule has 2 aromatic rings. The monoisotopic (exact) mass is 414 g/mol. The van der Waals surface area contributed by atoms with E-state index in [4.69, 9.17) is 9.47 Å². The van der Waals surface area contributed by atoms with Crippen molar-refractivity contribution in [1.29, 1.82) is 0 Å². The van der Waals surface area contributed by atoms with E-state index in [1.54, 1.807) is 23.3 Å². The molecule has 0 bridgehead atoms. The number of nitrogens with zero attached hydrogens (tertiary/aromatic N) is 2. The lowest BCUT2D eigenvalue weighted by molar-refractivity contribution is -0.138. The Bertz CT molecular complexity index is 848. The molecule has 154 valence electrons. The molecule has 0 saturated carbocycles. The minimum atomic E-state index is -0.338. The number of amides is 2. The fourth-order valence-electron chi connectivity index (χ4n) is 4.02. The number of carbonyl (C=O) groups excluding carboxylic acids is 2. The third-order valence-electron chi connectivity index (χ3n) is 5.53. The average Bonchev–Trinajstić information content (AvgIpc) is 3.49. The SMILES string of the molecule is COc1cccc(N2CC(C(=O)N(Cc3cccs3)CC3CCCO3)CC2=O)c1. The van der Waals surface area contributed by atoms with E-state index >= 15 is 0 Å². The van der Waals surface area contributed by atoms with Crippen LogP contribution in [0.1, 0.15) is 24.1 Å². The number of rotatable bonds is 7. The molecule has 7 heteroatoms. The Kier molecular flexibility index (Phi) is 6.16. The van der Waals surface area contributed by atoms with Gasteiger partial charge in [0.05, 0.1) is 25.7 Å². The number of hydrogen-bond donors (Lipinski definition) is 0. The quantitative estimate of drug-likeness (QED) is 0.697. The van der Waals surface area contributed by atoms with Crippen LogP contribution in [0.4, 0.5) is 5.69 Å². The smallest absolute Gasteiger partial charge is 0.228 e. The van der Waals surface area contributed by atoms with Crippen molar-refractivity contribution in [2.75, 3.05) is 31.7 Å². The second kappa shape index (κ2) is 8.97. The standard InChI is InChI=1S/C22H26N2O4S/c1-27-18-6-2-5-17(12-18)24-13-16(11-21(24)25)22(26)23(14-19-7-3-9-28-19)15-20-8-4-10-29-20/h2,4-6,8,10,12,16,19H,3,7,9,11,13-15H2,1H3. The molecule has 0 spiro atoms. The van der Waals surface area contributed by atoms with Crippen LogP contribution in [-0.2, 0) is 20.9 Å². The van der Waals surface area contributed by atoms with Gasteiger partial charge >= 0.3 is 0 Å². The van der Waals surface area contributed by atoms with Gasteiger partial charge in [-0.05, 0) is 36.4 Å². The molecule has 2 amide bonds. The van der Waals surface area contributed by atoms with Crippen molar-refractivity contribution in [3.63, 3.8) is 0 Å². The minimum absolute atomic E-state index is 0.0233. The summed E-state index contributed by atoms with van der Waals surface area (Å²) in [6.07, 6.45) is 2.35. The largest absolute Gasteiger partial charge is 0.497 e. The van der Waals surface area contributed by atoms with E-state index in [-0.39, 0.29) is 30.3 Å². The second-order valence-corrected chi connectivity index (χ2v) is 8.57. The summed E-state index contributed by atoms with van der Waals surface area (Å²) in [6, 6.07) is 11.5. The van der Waals surface area contributed by atoms with Crippen molar-refractivity contribution in [3.05, 3.63) is 46.7 Å². The van der Waals surface area contributed by atoms with Gasteiger partial charge in [0.2, 0.25) is 11.8 Å². The first-order valence-corrected chi connectivity index (χ1v) is 10.9. The van der Waals surface area contributed by atoms with Gasteiger partial charge < -0.3 is 19.3 Å². The van der Waals surface area contributed by atoms with Gasteiger partial charge in [0, 0.05) is 42.7 Å². The number of hydrogen-bond acceptors (Lipinski definition) is 5. The van der Waals surface area contributed by atoms with Gasteiger partial charge in [-0.3, -0.25) is 9.59 Å². The summed E-state index contributed by atoms with van der Waals surface area (Å²) in [4.78, 5) is 30.8. The number of thiophene rings is 1. The molecule has 6 nitrogen and oxygen atoms in total. The number of benzene rings is 1. The third-order valence-corrected chi connectivity index (χ3v) is 6.39. The highest BCUT2D eigenvalue weighted by atomic mass is 32.1. The van der Waals surface area contributed by atoms with E-state index in [1.165, 1.54) is 0 Å². The minimum Gasteiger partial charge on any atom is -0.497 e. The van der Waals surface area contributed by atoms with E-state index in [9.17, 15) is 9.59 Å². The molecule has 0 aliphatic carbocycles. The van der Waals surface area contributed by atoms with Crippen LogP contribution in [0.15, 0.2) is 41.8 Å². The Hall–Kier alpha value is -2.38. The normalized spacial score (nSPS) is 21.6. The molecular weight excluding hydrogens is 388 g/mol. The molecule has 2 saturated heterocycles. The molecule has 2 aliphatic heterocycles. The molecule has 4 rings (SSSR count). The van der Waals surface area contributed by atoms with Crippen LogP contribution in [0.2, 0.25) is 0 Å². The van der Waals surface area contributed by atoms with E-state index in [1.807, 2.05) is 46.7 Å². The van der Waals surface area contributed by atoms with Crippen LogP contribution >= 0.6 is 11.3 Å². The number of ether oxygens (including phenoxy) is 2. The lowest BCUT2D eigenvalue weighted by atomic mass is 10.1. The first kappa shape index (κ1) is 19.9. The van der Waals surface area contributed by atoms with Gasteiger partial charge in [-0.15, -0.1) is 11.3 Å². The summed E-state index contributed by atoms with van der Waals surface area (Å²) in [7, 11) is 1.60. The fraction of sp³-hybridized carbons (Fsp3) is 0.455. The second-order valence-electron chi connectivity index (χ2n) is 7.54. The molecule has 29 heavy (non-hydrogen) atoms. The Balaban J connectivity index is 1.48. The molecule has 1 aromatic heterocycles. The van der Waals surface area contributed by atoms with Crippen molar-refractivity contribution in [2.24, 2.45) is 5.92 Å². The van der Waals surface area contributed by atoms with Crippen LogP contribution in [0.3, 0.4) is 0 Å². The van der Waals surface area contributed by atoms with Gasteiger partial charge in [0.25, 0.3) is 0 Å². The topological polar surface area (TPSA) is 59.1 Å². The summed E-state index contributed by atoms with van der Waals surface area (Å²) in [6.45, 7) is 2.31. The summed E-state index contributed by atoms with van der Waals surface area (Å²) in [5.41, 5.74) is 0.772. The van der Waals surface area contributed by atoms with E-state index in [0.717, 1.165) is 30.0 Å². The predicted molar refractivity (Wildman–Crippen MR) is 112 cm³/mol. The van der Waals surface area contributed by atoms with Crippen molar-refractivity contribution in [3.8, 4) is 5.75 Å². The van der Waals surface area contributed by atoms with E-state index in [2.05, 4.69) is 0 Å². The highest BCUT2D eigenvalue weighted by Crippen LogP contribution is 2.29. The highest BCUT2D eigenvalue weighted by Gasteiger charge is 2.38. The van der Waals surface area contributed by atoms with Crippen LogP contribution < -0.4 is 9.64 Å². The van der Waals surface area contributed by atoms with Gasteiger partial charge in [-0.1, -0.05) is 12.1 Å². The zero-order chi connectivity index (χ0) is 20.2. The zero-order valence-corrected chi connectivity index (χ0v) is 17.4. The molecule has 0 N–H and O–H groups in total. The average molecular weight is 415 g/mol. The Morgan fingerprint density at radius 1 is 1.34 bits per heavy atom. The maximum Gasteiger partial charge on any atom is 0.228 e. The molecule has 2 unspecified atom stereocenters. The molecule has 2 aliphatic rings. The molecular formula is C22H26N2O4S. The molecule has 0 radical (unpaired) electrons. The highest BCUT2D eigenvalue weighted by molar-refractivity contribution is 7.09. The van der Waals surface area contributed by atoms with E-state index in [0.29, 0.717) is 25.4 Å². The lowest BCUT2D eigenvalue weighted by Crippen LogP contribution is -2.41. The van der Waals surface area contributed by atoms with Crippen LogP contribution in [0.25, 0.3) is 0 Å². The van der Waals surface area contributed by atoms with E-state index < -0.39 is 0 Å². The Labute approximate surface area is 175 Å². The molecule has 2 fully saturated rings. The van der Waals surface area contributed by atoms with Crippen molar-refractivity contribution < 1.29 is 19.1 Å². The Morgan fingerprint density at radius 2 is 2.24 bits per heavy atom. The Morgan fingerprint density at radius 3 is 2.97 bits per heavy atom. The maximum atomic E-state index is 13.4. The number of carbonyl (C=O) groups is 2. The molecule has 1 aromatic carbocycles. The summed E-state index contributed by atoms with van der Waals surface area (Å²) in [5, 5.41) is 2.02. The van der Waals surface area contributed by atoms with Gasteiger partial charge in [0.15, 0.2) is 0 Å². The fourth-order valence-corrected chi connectivity index (χ4v) is 4.74. The van der Waals surface area contributed by atoms with Gasteiger partial charge in [-0.25, -0.2) is 0 Å². The predicted octanol–water partition coefficient (Wildman–Crippen LogP) is 3.32. The van der Waals surface area contributed by atoms with Crippen molar-refractivity contribution in [1.82, 2.24) is 4.90 Å². The molecule has 2 atom stereocenters.